The van der Waals surface area contributed by atoms with Crippen molar-refractivity contribution >= 4 is 11.3 Å². The SMILES string of the molecule is N#Cc1ccc(-c2cccc(CO)c2)s1. The number of hydrogen-bond donors (Lipinski definition) is 1. The van der Waals surface area contributed by atoms with Crippen LogP contribution < -0.4 is 0 Å². The minimum Gasteiger partial charge on any atom is -0.392 e. The molecule has 0 amide bonds. The monoisotopic (exact) mass is 215 g/mol. The predicted molar refractivity (Wildman–Crippen MR) is 60.4 cm³/mol. The summed E-state index contributed by atoms with van der Waals surface area (Å²) in [7, 11) is 0. The van der Waals surface area contributed by atoms with Crippen LogP contribution >= 0.6 is 11.3 Å². The van der Waals surface area contributed by atoms with E-state index in [2.05, 4.69) is 6.07 Å². The van der Waals surface area contributed by atoms with Crippen molar-refractivity contribution in [1.82, 2.24) is 0 Å². The summed E-state index contributed by atoms with van der Waals surface area (Å²) in [5.74, 6) is 0. The molecule has 74 valence electrons. The number of benzene rings is 1. The highest BCUT2D eigenvalue weighted by Gasteiger charge is 2.02. The zero-order valence-corrected chi connectivity index (χ0v) is 8.79. The van der Waals surface area contributed by atoms with Gasteiger partial charge in [0.25, 0.3) is 0 Å². The van der Waals surface area contributed by atoms with Gasteiger partial charge in [-0.15, -0.1) is 11.3 Å². The smallest absolute Gasteiger partial charge is 0.110 e. The molecule has 0 saturated heterocycles. The van der Waals surface area contributed by atoms with Crippen LogP contribution in [0.5, 0.6) is 0 Å². The summed E-state index contributed by atoms with van der Waals surface area (Å²) < 4.78 is 0. The highest BCUT2D eigenvalue weighted by molar-refractivity contribution is 7.16. The molecule has 2 aromatic rings. The van der Waals surface area contributed by atoms with Crippen LogP contribution in [0.3, 0.4) is 0 Å². The summed E-state index contributed by atoms with van der Waals surface area (Å²) in [6.07, 6.45) is 0. The largest absolute Gasteiger partial charge is 0.392 e. The van der Waals surface area contributed by atoms with Gasteiger partial charge in [0.15, 0.2) is 0 Å². The first-order chi connectivity index (χ1) is 7.33. The second-order valence-corrected chi connectivity index (χ2v) is 4.22. The Labute approximate surface area is 92.0 Å². The van der Waals surface area contributed by atoms with Gasteiger partial charge in [-0.25, -0.2) is 0 Å². The molecule has 3 heteroatoms. The first-order valence-electron chi connectivity index (χ1n) is 4.53. The molecule has 0 aliphatic carbocycles. The maximum absolute atomic E-state index is 9.01. The van der Waals surface area contributed by atoms with E-state index in [0.29, 0.717) is 4.88 Å². The molecule has 2 rings (SSSR count). The first-order valence-corrected chi connectivity index (χ1v) is 5.35. The summed E-state index contributed by atoms with van der Waals surface area (Å²) in [5, 5.41) is 17.7. The van der Waals surface area contributed by atoms with Gasteiger partial charge in [-0.3, -0.25) is 0 Å². The molecule has 0 saturated carbocycles. The van der Waals surface area contributed by atoms with Crippen molar-refractivity contribution in [1.29, 1.82) is 5.26 Å². The lowest BCUT2D eigenvalue weighted by atomic mass is 10.1. The summed E-state index contributed by atoms with van der Waals surface area (Å²) >= 11 is 1.46. The van der Waals surface area contributed by atoms with Crippen LogP contribution in [-0.2, 0) is 6.61 Å². The molecule has 0 unspecified atom stereocenters. The molecule has 0 atom stereocenters. The van der Waals surface area contributed by atoms with E-state index >= 15 is 0 Å². The number of nitriles is 1. The topological polar surface area (TPSA) is 44.0 Å². The Kier molecular flexibility index (Phi) is 2.82. The molecule has 0 spiro atoms. The molecule has 1 N–H and O–H groups in total. The zero-order valence-electron chi connectivity index (χ0n) is 7.97. The maximum Gasteiger partial charge on any atom is 0.110 e. The molecule has 0 radical (unpaired) electrons. The highest BCUT2D eigenvalue weighted by Crippen LogP contribution is 2.28. The highest BCUT2D eigenvalue weighted by atomic mass is 32.1. The lowest BCUT2D eigenvalue weighted by molar-refractivity contribution is 0.282. The number of thiophene rings is 1. The van der Waals surface area contributed by atoms with Gasteiger partial charge in [0.05, 0.1) is 6.61 Å². The van der Waals surface area contributed by atoms with Crippen LogP contribution in [0.15, 0.2) is 36.4 Å². The van der Waals surface area contributed by atoms with Gasteiger partial charge in [0.2, 0.25) is 0 Å². The van der Waals surface area contributed by atoms with Crippen LogP contribution in [0.4, 0.5) is 0 Å². The summed E-state index contributed by atoms with van der Waals surface area (Å²) in [6.45, 7) is 0.0460. The Balaban J connectivity index is 2.41. The molecule has 0 aliphatic heterocycles. The van der Waals surface area contributed by atoms with Crippen molar-refractivity contribution in [3.05, 3.63) is 46.8 Å². The summed E-state index contributed by atoms with van der Waals surface area (Å²) in [4.78, 5) is 1.77. The minimum atomic E-state index is 0.0460. The maximum atomic E-state index is 9.01. The molecule has 15 heavy (non-hydrogen) atoms. The van der Waals surface area contributed by atoms with Crippen molar-refractivity contribution in [3.8, 4) is 16.5 Å². The Morgan fingerprint density at radius 1 is 1.27 bits per heavy atom. The Morgan fingerprint density at radius 2 is 2.13 bits per heavy atom. The van der Waals surface area contributed by atoms with Crippen molar-refractivity contribution in [2.45, 2.75) is 6.61 Å². The quantitative estimate of drug-likeness (QED) is 0.837. The van der Waals surface area contributed by atoms with Gasteiger partial charge in [-0.1, -0.05) is 18.2 Å². The fourth-order valence-electron chi connectivity index (χ4n) is 1.38. The van der Waals surface area contributed by atoms with Crippen molar-refractivity contribution < 1.29 is 5.11 Å². The molecular weight excluding hydrogens is 206 g/mol. The number of nitrogens with zero attached hydrogens (tertiary/aromatic N) is 1. The molecule has 1 aromatic carbocycles. The van der Waals surface area contributed by atoms with E-state index in [9.17, 15) is 0 Å². The normalized spacial score (nSPS) is 9.87. The molecule has 0 aliphatic rings. The van der Waals surface area contributed by atoms with Crippen LogP contribution in [0.1, 0.15) is 10.4 Å². The van der Waals surface area contributed by atoms with E-state index in [4.69, 9.17) is 10.4 Å². The molecule has 2 nitrogen and oxygen atoms in total. The number of hydrogen-bond acceptors (Lipinski definition) is 3. The third kappa shape index (κ3) is 2.07. The molecule has 1 aromatic heterocycles. The van der Waals surface area contributed by atoms with Gasteiger partial charge in [0, 0.05) is 4.88 Å². The van der Waals surface area contributed by atoms with E-state index in [1.54, 1.807) is 0 Å². The Bertz CT molecular complexity index is 510. The van der Waals surface area contributed by atoms with E-state index in [1.165, 1.54) is 11.3 Å². The fraction of sp³-hybridized carbons (Fsp3) is 0.0833. The predicted octanol–water partition coefficient (Wildman–Crippen LogP) is 2.78. The fourth-order valence-corrected chi connectivity index (χ4v) is 2.18. The van der Waals surface area contributed by atoms with E-state index in [1.807, 2.05) is 36.4 Å². The number of rotatable bonds is 2. The number of aliphatic hydroxyl groups is 1. The van der Waals surface area contributed by atoms with E-state index in [-0.39, 0.29) is 6.61 Å². The second kappa shape index (κ2) is 4.26. The van der Waals surface area contributed by atoms with E-state index < -0.39 is 0 Å². The van der Waals surface area contributed by atoms with Gasteiger partial charge in [-0.05, 0) is 29.3 Å². The molecule has 0 fully saturated rings. The molecular formula is C12H9NOS. The van der Waals surface area contributed by atoms with E-state index in [0.717, 1.165) is 16.0 Å². The standard InChI is InChI=1S/C12H9NOS/c13-7-11-4-5-12(15-11)10-3-1-2-9(6-10)8-14/h1-6,14H,8H2. The Morgan fingerprint density at radius 3 is 2.80 bits per heavy atom. The van der Waals surface area contributed by atoms with Crippen LogP contribution in [0, 0.1) is 11.3 Å². The summed E-state index contributed by atoms with van der Waals surface area (Å²) in [5.41, 5.74) is 1.94. The van der Waals surface area contributed by atoms with Gasteiger partial charge in [0.1, 0.15) is 10.9 Å². The third-order valence-corrected chi connectivity index (χ3v) is 3.15. The van der Waals surface area contributed by atoms with Crippen LogP contribution in [0.25, 0.3) is 10.4 Å². The lowest BCUT2D eigenvalue weighted by Crippen LogP contribution is -1.82. The zero-order chi connectivity index (χ0) is 10.7. The second-order valence-electron chi connectivity index (χ2n) is 3.13. The minimum absolute atomic E-state index is 0.0460. The molecule has 1 heterocycles. The molecule has 0 bridgehead atoms. The number of aliphatic hydroxyl groups excluding tert-OH is 1. The first kappa shape index (κ1) is 9.91. The van der Waals surface area contributed by atoms with Gasteiger partial charge in [-0.2, -0.15) is 5.26 Å². The average molecular weight is 215 g/mol. The summed E-state index contributed by atoms with van der Waals surface area (Å²) in [6, 6.07) is 13.6. The van der Waals surface area contributed by atoms with Crippen molar-refractivity contribution in [3.63, 3.8) is 0 Å². The van der Waals surface area contributed by atoms with Crippen LogP contribution in [-0.4, -0.2) is 5.11 Å². The Hall–Kier alpha value is -1.63. The van der Waals surface area contributed by atoms with Crippen molar-refractivity contribution in [2.75, 3.05) is 0 Å². The average Bonchev–Trinajstić information content (AvgIpc) is 2.78. The van der Waals surface area contributed by atoms with Gasteiger partial charge < -0.3 is 5.11 Å². The third-order valence-electron chi connectivity index (χ3n) is 2.11. The van der Waals surface area contributed by atoms with Crippen molar-refractivity contribution in [2.24, 2.45) is 0 Å². The lowest BCUT2D eigenvalue weighted by Gasteiger charge is -1.99. The van der Waals surface area contributed by atoms with Crippen LogP contribution in [0.2, 0.25) is 0 Å². The van der Waals surface area contributed by atoms with Gasteiger partial charge >= 0.3 is 0 Å².